The number of amides is 2. The summed E-state index contributed by atoms with van der Waals surface area (Å²) in [5.74, 6) is -0.353. The molecular weight excluding hydrogens is 555 g/mol. The van der Waals surface area contributed by atoms with Crippen molar-refractivity contribution in [3.05, 3.63) is 65.0 Å². The number of carbonyl (C=O) groups is 2. The van der Waals surface area contributed by atoms with Crippen LogP contribution in [0, 0.1) is 0 Å². The maximum Gasteiger partial charge on any atom is 0.416 e. The Morgan fingerprint density at radius 1 is 1.12 bits per heavy atom. The number of unbranched alkanes of at least 4 members (excludes halogenated alkanes) is 1. The third-order valence-electron chi connectivity index (χ3n) is 6.78. The largest absolute Gasteiger partial charge is 0.447 e. The van der Waals surface area contributed by atoms with Crippen LogP contribution in [0.15, 0.2) is 36.7 Å². The summed E-state index contributed by atoms with van der Waals surface area (Å²) >= 11 is 0. The Hall–Kier alpha value is -4.56. The van der Waals surface area contributed by atoms with Crippen molar-refractivity contribution < 1.29 is 27.5 Å². The van der Waals surface area contributed by atoms with Crippen LogP contribution < -0.4 is 5.32 Å². The second-order valence-corrected chi connectivity index (χ2v) is 10.4. The number of ether oxygens (including phenoxy) is 1. The molecule has 5 rings (SSSR count). The number of nitrogens with one attached hydrogen (secondary N) is 2. The van der Waals surface area contributed by atoms with E-state index in [0.717, 1.165) is 47.9 Å². The highest BCUT2D eigenvalue weighted by Gasteiger charge is 2.34. The van der Waals surface area contributed by atoms with Crippen molar-refractivity contribution >= 4 is 23.0 Å². The lowest BCUT2D eigenvalue weighted by atomic mass is 9.97. The molecule has 0 atom stereocenters. The van der Waals surface area contributed by atoms with Crippen molar-refractivity contribution in [1.29, 1.82) is 0 Å². The first-order valence-corrected chi connectivity index (χ1v) is 13.6. The third kappa shape index (κ3) is 7.01. The summed E-state index contributed by atoms with van der Waals surface area (Å²) in [6, 6.07) is 5.82. The van der Waals surface area contributed by atoms with Crippen molar-refractivity contribution in [1.82, 2.24) is 45.4 Å². The van der Waals surface area contributed by atoms with E-state index in [2.05, 4.69) is 35.8 Å². The topological polar surface area (TPSA) is 144 Å². The van der Waals surface area contributed by atoms with Crippen LogP contribution in [0.5, 0.6) is 0 Å². The molecule has 15 heteroatoms. The van der Waals surface area contributed by atoms with Crippen molar-refractivity contribution in [2.75, 3.05) is 13.1 Å². The molecule has 42 heavy (non-hydrogen) atoms. The number of nitrogens with zero attached hydrogens (tertiary/aromatic N) is 7. The number of H-pyrrole nitrogens is 1. The van der Waals surface area contributed by atoms with Gasteiger partial charge in [0, 0.05) is 42.8 Å². The summed E-state index contributed by atoms with van der Waals surface area (Å²) in [6.07, 6.45) is -0.129. The van der Waals surface area contributed by atoms with Gasteiger partial charge in [0.25, 0.3) is 5.91 Å². The molecule has 0 bridgehead atoms. The van der Waals surface area contributed by atoms with Crippen LogP contribution in [-0.4, -0.2) is 71.3 Å². The fraction of sp³-hybridized carbons (Fsp3) is 0.444. The van der Waals surface area contributed by atoms with Crippen molar-refractivity contribution in [2.45, 2.75) is 64.4 Å². The highest BCUT2D eigenvalue weighted by Crippen LogP contribution is 2.30. The SMILES string of the molecule is CC(C)OC(=O)N1CC(c2cc3cc(CCCCn4cc(C(=O)NCc5cc(C(F)(F)F)ccn5)nn4)nnc3[nH]2)C1. The minimum absolute atomic E-state index is 0.0629. The lowest BCUT2D eigenvalue weighted by Gasteiger charge is -2.38. The molecule has 0 unspecified atom stereocenters. The average molecular weight is 586 g/mol. The highest BCUT2D eigenvalue weighted by molar-refractivity contribution is 5.91. The summed E-state index contributed by atoms with van der Waals surface area (Å²) < 4.78 is 45.4. The summed E-state index contributed by atoms with van der Waals surface area (Å²) in [7, 11) is 0. The predicted octanol–water partition coefficient (Wildman–Crippen LogP) is 3.86. The maximum absolute atomic E-state index is 12.9. The highest BCUT2D eigenvalue weighted by atomic mass is 19.4. The molecule has 0 spiro atoms. The van der Waals surface area contributed by atoms with E-state index in [4.69, 9.17) is 4.74 Å². The van der Waals surface area contributed by atoms with Gasteiger partial charge in [-0.15, -0.1) is 10.2 Å². The first-order valence-electron chi connectivity index (χ1n) is 13.6. The van der Waals surface area contributed by atoms with Crippen LogP contribution in [0.4, 0.5) is 18.0 Å². The van der Waals surface area contributed by atoms with Gasteiger partial charge in [-0.3, -0.25) is 14.5 Å². The van der Waals surface area contributed by atoms with Crippen LogP contribution in [0.2, 0.25) is 0 Å². The molecule has 1 aliphatic heterocycles. The molecule has 12 nitrogen and oxygen atoms in total. The number of hydrogen-bond donors (Lipinski definition) is 2. The number of pyridine rings is 1. The van der Waals surface area contributed by atoms with Crippen LogP contribution >= 0.6 is 0 Å². The predicted molar refractivity (Wildman–Crippen MR) is 143 cm³/mol. The van der Waals surface area contributed by atoms with Crippen LogP contribution in [-0.2, 0) is 30.4 Å². The summed E-state index contributed by atoms with van der Waals surface area (Å²) in [5.41, 5.74) is 1.89. The van der Waals surface area contributed by atoms with Gasteiger partial charge >= 0.3 is 12.3 Å². The zero-order valence-electron chi connectivity index (χ0n) is 23.1. The van der Waals surface area contributed by atoms with Crippen molar-refractivity contribution in [2.24, 2.45) is 0 Å². The lowest BCUT2D eigenvalue weighted by Crippen LogP contribution is -2.49. The molecule has 1 saturated heterocycles. The van der Waals surface area contributed by atoms with Gasteiger partial charge in [-0.25, -0.2) is 4.79 Å². The van der Waals surface area contributed by atoms with Crippen LogP contribution in [0.25, 0.3) is 11.0 Å². The Morgan fingerprint density at radius 3 is 2.69 bits per heavy atom. The number of rotatable bonds is 10. The minimum Gasteiger partial charge on any atom is -0.447 e. The molecule has 0 saturated carbocycles. The second-order valence-electron chi connectivity index (χ2n) is 10.4. The molecule has 2 amide bonds. The van der Waals surface area contributed by atoms with Gasteiger partial charge in [0.05, 0.1) is 35.8 Å². The van der Waals surface area contributed by atoms with Crippen LogP contribution in [0.3, 0.4) is 0 Å². The van der Waals surface area contributed by atoms with E-state index in [1.807, 2.05) is 26.0 Å². The number of aromatic amines is 1. The van der Waals surface area contributed by atoms with E-state index in [9.17, 15) is 22.8 Å². The zero-order chi connectivity index (χ0) is 29.9. The Morgan fingerprint density at radius 2 is 1.93 bits per heavy atom. The first-order chi connectivity index (χ1) is 20.0. The van der Waals surface area contributed by atoms with Gasteiger partial charge in [-0.05, 0) is 57.4 Å². The van der Waals surface area contributed by atoms with Crippen LogP contribution in [0.1, 0.15) is 65.7 Å². The fourth-order valence-electron chi connectivity index (χ4n) is 4.54. The number of halogens is 3. The van der Waals surface area contributed by atoms with E-state index in [1.165, 1.54) is 6.20 Å². The summed E-state index contributed by atoms with van der Waals surface area (Å²) in [6.45, 7) is 5.19. The molecule has 222 valence electrons. The van der Waals surface area contributed by atoms with Gasteiger partial charge in [0.1, 0.15) is 0 Å². The van der Waals surface area contributed by atoms with Gasteiger partial charge in [-0.1, -0.05) is 5.21 Å². The quantitative estimate of drug-likeness (QED) is 0.267. The molecule has 0 aromatic carbocycles. The average Bonchev–Trinajstić information content (AvgIpc) is 3.55. The Balaban J connectivity index is 1.06. The Labute approximate surface area is 238 Å². The van der Waals surface area contributed by atoms with Gasteiger partial charge in [-0.2, -0.15) is 18.3 Å². The number of aromatic nitrogens is 7. The Kier molecular flexibility index (Phi) is 8.36. The Bertz CT molecular complexity index is 1560. The molecule has 1 fully saturated rings. The van der Waals surface area contributed by atoms with E-state index in [-0.39, 0.29) is 36.0 Å². The smallest absolute Gasteiger partial charge is 0.416 e. The maximum atomic E-state index is 12.9. The molecule has 4 aromatic heterocycles. The molecular formula is C27H30F3N9O3. The van der Waals surface area contributed by atoms with Gasteiger partial charge in [0.15, 0.2) is 11.3 Å². The van der Waals surface area contributed by atoms with Gasteiger partial charge in [0.2, 0.25) is 0 Å². The number of fused-ring (bicyclic) bond motifs is 1. The number of hydrogen-bond acceptors (Lipinski definition) is 8. The minimum atomic E-state index is -4.49. The number of likely N-dealkylation sites (tertiary alicyclic amines) is 1. The normalized spacial score (nSPS) is 13.9. The molecule has 4 aromatic rings. The third-order valence-corrected chi connectivity index (χ3v) is 6.78. The molecule has 5 heterocycles. The molecule has 0 radical (unpaired) electrons. The monoisotopic (exact) mass is 585 g/mol. The van der Waals surface area contributed by atoms with Crippen molar-refractivity contribution in [3.8, 4) is 0 Å². The summed E-state index contributed by atoms with van der Waals surface area (Å²) in [5, 5.41) is 19.9. The van der Waals surface area contributed by atoms with Crippen molar-refractivity contribution in [3.63, 3.8) is 0 Å². The standard InChI is InChI=1S/C27H30F3N9O3/c1-16(2)42-26(41)38-13-18(14-38)22-10-17-9-20(34-36-24(17)33-22)5-3-4-8-39-15-23(35-37-39)25(40)32-12-21-11-19(6-7-31-21)27(28,29)30/h6-7,9-11,15-16,18H,3-5,8,12-14H2,1-2H3,(H,32,40)(H,33,36). The number of carbonyl (C=O) groups excluding carboxylic acids is 2. The van der Waals surface area contributed by atoms with Gasteiger partial charge < -0.3 is 19.9 Å². The van der Waals surface area contributed by atoms with E-state index in [0.29, 0.717) is 31.7 Å². The summed E-state index contributed by atoms with van der Waals surface area (Å²) in [4.78, 5) is 33.2. The van der Waals surface area contributed by atoms with E-state index >= 15 is 0 Å². The molecule has 1 aliphatic rings. The number of aryl methyl sites for hydroxylation is 2. The van der Waals surface area contributed by atoms with E-state index in [1.54, 1.807) is 9.58 Å². The lowest BCUT2D eigenvalue weighted by molar-refractivity contribution is -0.137. The van der Waals surface area contributed by atoms with E-state index < -0.39 is 17.6 Å². The fourth-order valence-corrected chi connectivity index (χ4v) is 4.54. The first kappa shape index (κ1) is 29.0. The number of alkyl halides is 3. The molecule has 0 aliphatic carbocycles. The second kappa shape index (κ2) is 12.1. The zero-order valence-corrected chi connectivity index (χ0v) is 23.1. The molecule has 2 N–H and O–H groups in total.